The number of aromatic nitrogens is 2. The van der Waals surface area contributed by atoms with Gasteiger partial charge in [0.2, 0.25) is 5.82 Å². The van der Waals surface area contributed by atoms with E-state index in [2.05, 4.69) is 14.7 Å². The molecule has 0 aromatic carbocycles. The summed E-state index contributed by atoms with van der Waals surface area (Å²) in [6.45, 7) is 7.65. The maximum atomic E-state index is 11.5. The van der Waals surface area contributed by atoms with E-state index < -0.39 is 31.3 Å². The molecular weight excluding hydrogens is 247 g/mol. The van der Waals surface area contributed by atoms with Gasteiger partial charge in [0.05, 0.1) is 22.4 Å². The number of ether oxygens (including phenoxy) is 1. The van der Waals surface area contributed by atoms with Crippen LogP contribution in [0.1, 0.15) is 42.4 Å². The van der Waals surface area contributed by atoms with Crippen LogP contribution in [0.3, 0.4) is 0 Å². The molecule has 0 aliphatic carbocycles. The van der Waals surface area contributed by atoms with Gasteiger partial charge >= 0.3 is 13.1 Å². The van der Waals surface area contributed by atoms with E-state index in [1.54, 1.807) is 0 Å². The Labute approximate surface area is 116 Å². The topological polar surface area (TPSA) is 70.5 Å². The van der Waals surface area contributed by atoms with Crippen LogP contribution in [0.2, 0.25) is 0 Å². The molecular formula is C12H17BN2O4. The Morgan fingerprint density at radius 2 is 1.79 bits per heavy atom. The van der Waals surface area contributed by atoms with Crippen molar-refractivity contribution in [3.63, 3.8) is 0 Å². The van der Waals surface area contributed by atoms with Crippen LogP contribution < -0.4 is 5.46 Å². The van der Waals surface area contributed by atoms with Gasteiger partial charge in [-0.1, -0.05) is 0 Å². The van der Waals surface area contributed by atoms with Gasteiger partial charge in [-0.05, 0) is 27.7 Å². The van der Waals surface area contributed by atoms with Crippen LogP contribution in [0.25, 0.3) is 0 Å². The highest BCUT2D eigenvalue weighted by atomic mass is 16.7. The molecule has 0 radical (unpaired) electrons. The molecule has 1 saturated heterocycles. The Balaban J connectivity index is 2.12. The van der Waals surface area contributed by atoms with Crippen molar-refractivity contribution in [1.29, 1.82) is 0 Å². The highest BCUT2D eigenvalue weighted by Gasteiger charge is 2.51. The Hall–Kier alpha value is -1.47. The predicted octanol–water partition coefficient (Wildman–Crippen LogP) is 0.562. The molecule has 2 heterocycles. The summed E-state index contributed by atoms with van der Waals surface area (Å²) in [4.78, 5) is 19.1. The van der Waals surface area contributed by atoms with Gasteiger partial charge in [0, 0.05) is 17.9 Å². The van der Waals surface area contributed by atoms with E-state index in [4.69, 9.17) is 13.4 Å². The van der Waals surface area contributed by atoms with E-state index in [-0.39, 0.29) is 5.82 Å². The lowest BCUT2D eigenvalue weighted by atomic mass is 9.81. The molecule has 102 valence electrons. The number of rotatable bonds is 2. The normalized spacial score (nSPS) is 23.4. The zero-order valence-corrected chi connectivity index (χ0v) is 11.3. The summed E-state index contributed by atoms with van der Waals surface area (Å²) in [6, 6.07) is 0. The minimum Gasteiger partial charge on any atom is -0.463 e. The summed E-state index contributed by atoms with van der Waals surface area (Å²) >= 11 is 0. The molecule has 19 heavy (non-hydrogen) atoms. The molecule has 7 heteroatoms. The number of hydrogen-bond acceptors (Lipinski definition) is 6. The predicted molar refractivity (Wildman–Crippen MR) is 69.1 cm³/mol. The first-order valence-electron chi connectivity index (χ1n) is 7.32. The molecule has 0 amide bonds. The minimum atomic E-state index is -2.83. The van der Waals surface area contributed by atoms with Crippen LogP contribution in [0.4, 0.5) is 0 Å². The van der Waals surface area contributed by atoms with Gasteiger partial charge in [-0.25, -0.2) is 14.8 Å². The zero-order chi connectivity index (χ0) is 16.8. The van der Waals surface area contributed by atoms with Crippen LogP contribution >= 0.6 is 0 Å². The molecule has 0 spiro atoms. The molecule has 0 unspecified atom stereocenters. The Morgan fingerprint density at radius 1 is 1.26 bits per heavy atom. The molecule has 0 atom stereocenters. The monoisotopic (exact) mass is 267 g/mol. The van der Waals surface area contributed by atoms with E-state index in [1.807, 2.05) is 27.7 Å². The maximum absolute atomic E-state index is 11.5. The molecule has 0 bridgehead atoms. The van der Waals surface area contributed by atoms with E-state index >= 15 is 0 Å². The number of nitrogens with zero attached hydrogens (tertiary/aromatic N) is 2. The van der Waals surface area contributed by atoms with Crippen LogP contribution in [-0.4, -0.2) is 41.3 Å². The fourth-order valence-electron chi connectivity index (χ4n) is 1.59. The van der Waals surface area contributed by atoms with Crippen molar-refractivity contribution in [2.45, 2.75) is 38.9 Å². The lowest BCUT2D eigenvalue weighted by molar-refractivity contribution is 0.00578. The molecule has 0 N–H and O–H groups in total. The average molecular weight is 267 g/mol. The number of methoxy groups -OCH3 is 1. The van der Waals surface area contributed by atoms with Gasteiger partial charge in [-0.2, -0.15) is 0 Å². The van der Waals surface area contributed by atoms with Crippen molar-refractivity contribution in [2.24, 2.45) is 0 Å². The third kappa shape index (κ3) is 2.48. The Morgan fingerprint density at radius 3 is 2.26 bits per heavy atom. The molecule has 1 aliphatic rings. The SMILES string of the molecule is [2H]C([2H])([2H])OC(=O)c1ncc(B2OC(C)(C)C(C)(C)O2)cn1. The fraction of sp³-hybridized carbons (Fsp3) is 0.583. The van der Waals surface area contributed by atoms with Crippen LogP contribution in [0, 0.1) is 0 Å². The van der Waals surface area contributed by atoms with E-state index in [0.717, 1.165) is 0 Å². The third-order valence-electron chi connectivity index (χ3n) is 3.47. The average Bonchev–Trinajstić information content (AvgIpc) is 2.56. The van der Waals surface area contributed by atoms with E-state index in [1.165, 1.54) is 12.4 Å². The first kappa shape index (κ1) is 10.3. The van der Waals surface area contributed by atoms with Crippen LogP contribution in [0.5, 0.6) is 0 Å². The summed E-state index contributed by atoms with van der Waals surface area (Å²) < 4.78 is 36.5. The van der Waals surface area contributed by atoms with Crippen LogP contribution in [0.15, 0.2) is 12.4 Å². The summed E-state index contributed by atoms with van der Waals surface area (Å²) in [5.74, 6) is -1.45. The summed E-state index contributed by atoms with van der Waals surface area (Å²) in [6.07, 6.45) is 2.70. The molecule has 1 fully saturated rings. The molecule has 0 saturated carbocycles. The first-order valence-corrected chi connectivity index (χ1v) is 5.82. The van der Waals surface area contributed by atoms with E-state index in [0.29, 0.717) is 5.46 Å². The zero-order valence-electron chi connectivity index (χ0n) is 14.3. The number of esters is 1. The van der Waals surface area contributed by atoms with Crippen molar-refractivity contribution >= 4 is 18.6 Å². The van der Waals surface area contributed by atoms with E-state index in [9.17, 15) is 4.79 Å². The summed E-state index contributed by atoms with van der Waals surface area (Å²) in [5, 5.41) is 0. The summed E-state index contributed by atoms with van der Waals surface area (Å²) in [7, 11) is -3.48. The van der Waals surface area contributed by atoms with Gasteiger partial charge < -0.3 is 14.0 Å². The molecule has 1 aromatic rings. The first-order chi connectivity index (χ1) is 9.91. The molecule has 6 nitrogen and oxygen atoms in total. The smallest absolute Gasteiger partial charge is 0.463 e. The lowest BCUT2D eigenvalue weighted by Crippen LogP contribution is -2.41. The molecule has 1 aliphatic heterocycles. The highest BCUT2D eigenvalue weighted by molar-refractivity contribution is 6.61. The second-order valence-corrected chi connectivity index (χ2v) is 5.32. The van der Waals surface area contributed by atoms with Gasteiger partial charge in [-0.15, -0.1) is 0 Å². The Kier molecular flexibility index (Phi) is 2.49. The fourth-order valence-corrected chi connectivity index (χ4v) is 1.59. The standard InChI is InChI=1S/C12H17BN2O4/c1-11(2)12(3,4)19-13(18-11)8-6-14-9(15-7-8)10(16)17-5/h6-7H,1-5H3/i5D3. The second-order valence-electron chi connectivity index (χ2n) is 5.32. The number of carbonyl (C=O) groups is 1. The quantitative estimate of drug-likeness (QED) is 0.576. The number of carbonyl (C=O) groups excluding carboxylic acids is 1. The van der Waals surface area contributed by atoms with Crippen molar-refractivity contribution in [2.75, 3.05) is 7.04 Å². The van der Waals surface area contributed by atoms with Gasteiger partial charge in [0.1, 0.15) is 0 Å². The molecule has 1 aromatic heterocycles. The van der Waals surface area contributed by atoms with Gasteiger partial charge in [0.25, 0.3) is 0 Å². The van der Waals surface area contributed by atoms with Gasteiger partial charge in [-0.3, -0.25) is 0 Å². The highest BCUT2D eigenvalue weighted by Crippen LogP contribution is 2.36. The van der Waals surface area contributed by atoms with Crippen molar-refractivity contribution in [1.82, 2.24) is 9.97 Å². The molecule has 2 rings (SSSR count). The second kappa shape index (κ2) is 4.57. The summed E-state index contributed by atoms with van der Waals surface area (Å²) in [5.41, 5.74) is -0.475. The number of hydrogen-bond donors (Lipinski definition) is 0. The Bertz CT molecular complexity index is 559. The van der Waals surface area contributed by atoms with Crippen molar-refractivity contribution < 1.29 is 23.0 Å². The lowest BCUT2D eigenvalue weighted by Gasteiger charge is -2.32. The maximum Gasteiger partial charge on any atom is 0.498 e. The largest absolute Gasteiger partial charge is 0.498 e. The third-order valence-corrected chi connectivity index (χ3v) is 3.47. The van der Waals surface area contributed by atoms with Crippen LogP contribution in [-0.2, 0) is 14.0 Å². The van der Waals surface area contributed by atoms with Crippen molar-refractivity contribution in [3.05, 3.63) is 18.2 Å². The minimum absolute atomic E-state index is 0.337. The van der Waals surface area contributed by atoms with Crippen molar-refractivity contribution in [3.8, 4) is 0 Å². The van der Waals surface area contributed by atoms with Gasteiger partial charge in [0.15, 0.2) is 0 Å².